The summed E-state index contributed by atoms with van der Waals surface area (Å²) in [5.74, 6) is -1.91. The quantitative estimate of drug-likeness (QED) is 0.223. The summed E-state index contributed by atoms with van der Waals surface area (Å²) in [6, 6.07) is 14.1. The topological polar surface area (TPSA) is 107 Å². The standard InChI is InChI=1S/C22H12Cl2N2O6/c23-18-7-5-14(10-19(18)24)25-20(27)16-6-4-13(9-17(16)21(25)28)22(29)32-11-12-2-1-3-15(8-12)26(30)31/h1-10H,11H2. The SMILES string of the molecule is O=C(OCc1cccc([N+](=O)[O-])c1)c1ccc2c(c1)C(=O)N(c1ccc(Cl)c(Cl)c1)C2=O. The maximum atomic E-state index is 12.9. The van der Waals surface area contributed by atoms with E-state index < -0.39 is 22.7 Å². The second kappa shape index (κ2) is 8.41. The van der Waals surface area contributed by atoms with E-state index in [1.54, 1.807) is 6.07 Å². The number of amides is 2. The number of anilines is 1. The van der Waals surface area contributed by atoms with Crippen molar-refractivity contribution in [1.29, 1.82) is 0 Å². The van der Waals surface area contributed by atoms with Crippen molar-refractivity contribution in [2.75, 3.05) is 4.90 Å². The minimum atomic E-state index is -0.743. The lowest BCUT2D eigenvalue weighted by Gasteiger charge is -2.14. The molecule has 4 rings (SSSR count). The van der Waals surface area contributed by atoms with Crippen LogP contribution in [0.5, 0.6) is 0 Å². The van der Waals surface area contributed by atoms with Crippen LogP contribution in [0.15, 0.2) is 60.7 Å². The number of fused-ring (bicyclic) bond motifs is 1. The molecule has 0 fully saturated rings. The molecule has 3 aromatic carbocycles. The number of rotatable bonds is 5. The van der Waals surface area contributed by atoms with Crippen molar-refractivity contribution < 1.29 is 24.0 Å². The Balaban J connectivity index is 1.54. The van der Waals surface area contributed by atoms with Crippen LogP contribution >= 0.6 is 23.2 Å². The number of benzene rings is 3. The van der Waals surface area contributed by atoms with Gasteiger partial charge in [-0.25, -0.2) is 9.69 Å². The average molecular weight is 471 g/mol. The highest BCUT2D eigenvalue weighted by atomic mass is 35.5. The maximum absolute atomic E-state index is 12.9. The number of hydrogen-bond donors (Lipinski definition) is 0. The van der Waals surface area contributed by atoms with Crippen LogP contribution in [-0.4, -0.2) is 22.7 Å². The fourth-order valence-corrected chi connectivity index (χ4v) is 3.51. The zero-order valence-corrected chi connectivity index (χ0v) is 17.6. The molecule has 8 nitrogen and oxygen atoms in total. The molecular weight excluding hydrogens is 459 g/mol. The molecule has 1 aliphatic heterocycles. The van der Waals surface area contributed by atoms with Crippen LogP contribution in [-0.2, 0) is 11.3 Å². The number of nitro benzene ring substituents is 1. The number of halogens is 2. The number of ether oxygens (including phenoxy) is 1. The highest BCUT2D eigenvalue weighted by Crippen LogP contribution is 2.33. The lowest BCUT2D eigenvalue weighted by molar-refractivity contribution is -0.384. The van der Waals surface area contributed by atoms with E-state index in [-0.39, 0.29) is 44.7 Å². The van der Waals surface area contributed by atoms with Crippen molar-refractivity contribution in [3.63, 3.8) is 0 Å². The van der Waals surface area contributed by atoms with Gasteiger partial charge in [-0.15, -0.1) is 0 Å². The van der Waals surface area contributed by atoms with Gasteiger partial charge in [-0.2, -0.15) is 0 Å². The fraction of sp³-hybridized carbons (Fsp3) is 0.0455. The van der Waals surface area contributed by atoms with Crippen molar-refractivity contribution in [3.05, 3.63) is 103 Å². The summed E-state index contributed by atoms with van der Waals surface area (Å²) in [5.41, 5.74) is 0.808. The molecule has 1 aliphatic rings. The Morgan fingerprint density at radius 2 is 1.69 bits per heavy atom. The Hall–Kier alpha value is -3.75. The number of non-ortho nitro benzene ring substituents is 1. The van der Waals surface area contributed by atoms with Gasteiger partial charge >= 0.3 is 5.97 Å². The van der Waals surface area contributed by atoms with Gasteiger partial charge in [-0.1, -0.05) is 35.3 Å². The first kappa shape index (κ1) is 21.5. The Morgan fingerprint density at radius 1 is 0.938 bits per heavy atom. The van der Waals surface area contributed by atoms with Crippen molar-refractivity contribution in [3.8, 4) is 0 Å². The molecule has 1 heterocycles. The number of nitro groups is 1. The van der Waals surface area contributed by atoms with E-state index in [2.05, 4.69) is 0 Å². The highest BCUT2D eigenvalue weighted by molar-refractivity contribution is 6.42. The summed E-state index contributed by atoms with van der Waals surface area (Å²) in [6.45, 7) is -0.195. The minimum Gasteiger partial charge on any atom is -0.457 e. The molecule has 0 atom stereocenters. The van der Waals surface area contributed by atoms with Crippen LogP contribution in [0.25, 0.3) is 0 Å². The first-order valence-electron chi connectivity index (χ1n) is 9.14. The van der Waals surface area contributed by atoms with Crippen molar-refractivity contribution >= 4 is 52.4 Å². The van der Waals surface area contributed by atoms with Crippen LogP contribution < -0.4 is 4.90 Å². The molecule has 0 saturated heterocycles. The van der Waals surface area contributed by atoms with E-state index in [0.29, 0.717) is 5.56 Å². The van der Waals surface area contributed by atoms with Gasteiger partial charge in [0.15, 0.2) is 0 Å². The van der Waals surface area contributed by atoms with Crippen molar-refractivity contribution in [1.82, 2.24) is 0 Å². The van der Waals surface area contributed by atoms with Crippen LogP contribution in [0, 0.1) is 10.1 Å². The molecule has 0 spiro atoms. The zero-order chi connectivity index (χ0) is 23.0. The molecular formula is C22H12Cl2N2O6. The third-order valence-corrected chi connectivity index (χ3v) is 5.51. The highest BCUT2D eigenvalue weighted by Gasteiger charge is 2.37. The molecule has 0 N–H and O–H groups in total. The lowest BCUT2D eigenvalue weighted by atomic mass is 10.1. The molecule has 0 aromatic heterocycles. The summed E-state index contributed by atoms with van der Waals surface area (Å²) in [6.07, 6.45) is 0. The Bertz CT molecular complexity index is 1310. The molecule has 0 radical (unpaired) electrons. The van der Waals surface area contributed by atoms with E-state index in [0.717, 1.165) is 4.90 Å². The number of esters is 1. The summed E-state index contributed by atoms with van der Waals surface area (Å²) >= 11 is 11.9. The third kappa shape index (κ3) is 3.93. The lowest BCUT2D eigenvalue weighted by Crippen LogP contribution is -2.29. The van der Waals surface area contributed by atoms with Gasteiger partial charge < -0.3 is 4.74 Å². The number of nitrogens with zero attached hydrogens (tertiary/aromatic N) is 2. The second-order valence-corrected chi connectivity index (χ2v) is 7.62. The molecule has 160 valence electrons. The van der Waals surface area contributed by atoms with E-state index >= 15 is 0 Å². The molecule has 0 unspecified atom stereocenters. The van der Waals surface area contributed by atoms with Gasteiger partial charge in [0, 0.05) is 12.1 Å². The van der Waals surface area contributed by atoms with Gasteiger partial charge in [-0.05, 0) is 42.0 Å². The van der Waals surface area contributed by atoms with E-state index in [1.165, 1.54) is 54.6 Å². The number of hydrogen-bond acceptors (Lipinski definition) is 6. The molecule has 0 saturated carbocycles. The fourth-order valence-electron chi connectivity index (χ4n) is 3.22. The summed E-state index contributed by atoms with van der Waals surface area (Å²) in [5, 5.41) is 11.3. The molecule has 0 bridgehead atoms. The van der Waals surface area contributed by atoms with Gasteiger partial charge in [0.2, 0.25) is 0 Å². The monoisotopic (exact) mass is 470 g/mol. The van der Waals surface area contributed by atoms with Crippen LogP contribution in [0.4, 0.5) is 11.4 Å². The summed E-state index contributed by atoms with van der Waals surface area (Å²) in [7, 11) is 0. The number of carbonyl (C=O) groups is 3. The first-order chi connectivity index (χ1) is 15.3. The largest absolute Gasteiger partial charge is 0.457 e. The van der Waals surface area contributed by atoms with Crippen LogP contribution in [0.1, 0.15) is 36.6 Å². The van der Waals surface area contributed by atoms with Crippen molar-refractivity contribution in [2.24, 2.45) is 0 Å². The van der Waals surface area contributed by atoms with Gasteiger partial charge in [0.05, 0.1) is 37.3 Å². The number of imide groups is 1. The van der Waals surface area contributed by atoms with Gasteiger partial charge in [-0.3, -0.25) is 19.7 Å². The first-order valence-corrected chi connectivity index (χ1v) is 9.90. The van der Waals surface area contributed by atoms with Crippen molar-refractivity contribution in [2.45, 2.75) is 6.61 Å². The molecule has 2 amide bonds. The molecule has 10 heteroatoms. The summed E-state index contributed by atoms with van der Waals surface area (Å²) < 4.78 is 5.21. The predicted octanol–water partition coefficient (Wildman–Crippen LogP) is 5.06. The normalized spacial score (nSPS) is 12.6. The molecule has 3 aromatic rings. The van der Waals surface area contributed by atoms with Gasteiger partial charge in [0.1, 0.15) is 6.61 Å². The van der Waals surface area contributed by atoms with E-state index in [4.69, 9.17) is 27.9 Å². The predicted molar refractivity (Wildman–Crippen MR) is 116 cm³/mol. The Kier molecular flexibility index (Phi) is 5.65. The smallest absolute Gasteiger partial charge is 0.338 e. The molecule has 32 heavy (non-hydrogen) atoms. The number of carbonyl (C=O) groups excluding carboxylic acids is 3. The maximum Gasteiger partial charge on any atom is 0.338 e. The minimum absolute atomic E-state index is 0.0471. The van der Waals surface area contributed by atoms with E-state index in [1.807, 2.05) is 0 Å². The zero-order valence-electron chi connectivity index (χ0n) is 16.1. The molecule has 0 aliphatic carbocycles. The third-order valence-electron chi connectivity index (χ3n) is 4.77. The van der Waals surface area contributed by atoms with E-state index in [9.17, 15) is 24.5 Å². The average Bonchev–Trinajstić information content (AvgIpc) is 3.03. The Labute approximate surface area is 191 Å². The Morgan fingerprint density at radius 3 is 2.41 bits per heavy atom. The second-order valence-electron chi connectivity index (χ2n) is 6.81. The van der Waals surface area contributed by atoms with Crippen LogP contribution in [0.3, 0.4) is 0 Å². The van der Waals surface area contributed by atoms with Crippen LogP contribution in [0.2, 0.25) is 10.0 Å². The summed E-state index contributed by atoms with van der Waals surface area (Å²) in [4.78, 5) is 49.3. The van der Waals surface area contributed by atoms with Gasteiger partial charge in [0.25, 0.3) is 17.5 Å².